The highest BCUT2D eigenvalue weighted by molar-refractivity contribution is 5.80. The van der Waals surface area contributed by atoms with Gasteiger partial charge in [-0.25, -0.2) is 0 Å². The van der Waals surface area contributed by atoms with Gasteiger partial charge in [-0.2, -0.15) is 10.2 Å². The van der Waals surface area contributed by atoms with Crippen LogP contribution in [0.25, 0.3) is 0 Å². The molecule has 0 aliphatic carbocycles. The van der Waals surface area contributed by atoms with E-state index in [1.54, 1.807) is 0 Å². The Morgan fingerprint density at radius 2 is 1.74 bits per heavy atom. The van der Waals surface area contributed by atoms with Crippen LogP contribution in [0.2, 0.25) is 0 Å². The predicted octanol–water partition coefficient (Wildman–Crippen LogP) is 4.06. The SMILES string of the molecule is CC1(CCC(=O)Cc2ccc(C(C)(C)C)cc2)N=N1. The van der Waals surface area contributed by atoms with Crippen molar-refractivity contribution in [2.45, 2.75) is 58.0 Å². The van der Waals surface area contributed by atoms with Gasteiger partial charge in [0.1, 0.15) is 5.78 Å². The molecule has 2 rings (SSSR count). The van der Waals surface area contributed by atoms with Crippen molar-refractivity contribution in [3.8, 4) is 0 Å². The number of carbonyl (C=O) groups is 1. The van der Waals surface area contributed by atoms with Crippen molar-refractivity contribution >= 4 is 5.78 Å². The Hall–Kier alpha value is -1.51. The molecule has 0 bridgehead atoms. The van der Waals surface area contributed by atoms with Crippen molar-refractivity contribution in [3.63, 3.8) is 0 Å². The summed E-state index contributed by atoms with van der Waals surface area (Å²) in [5.74, 6) is 0.266. The molecule has 1 aliphatic heterocycles. The van der Waals surface area contributed by atoms with Crippen molar-refractivity contribution in [2.75, 3.05) is 0 Å². The van der Waals surface area contributed by atoms with Crippen LogP contribution in [0.15, 0.2) is 34.5 Å². The molecular formula is C16H22N2O. The highest BCUT2D eigenvalue weighted by Crippen LogP contribution is 2.32. The second-order valence-electron chi connectivity index (χ2n) is 6.58. The third-order valence-corrected chi connectivity index (χ3v) is 3.54. The van der Waals surface area contributed by atoms with Gasteiger partial charge in [0, 0.05) is 19.3 Å². The van der Waals surface area contributed by atoms with Gasteiger partial charge in [0.05, 0.1) is 0 Å². The van der Waals surface area contributed by atoms with E-state index in [-0.39, 0.29) is 16.9 Å². The Morgan fingerprint density at radius 3 is 2.21 bits per heavy atom. The van der Waals surface area contributed by atoms with E-state index in [1.165, 1.54) is 5.56 Å². The summed E-state index contributed by atoms with van der Waals surface area (Å²) in [6.07, 6.45) is 1.82. The second kappa shape index (κ2) is 4.87. The van der Waals surface area contributed by atoms with E-state index >= 15 is 0 Å². The smallest absolute Gasteiger partial charge is 0.188 e. The number of rotatable bonds is 5. The zero-order valence-corrected chi connectivity index (χ0v) is 12.2. The summed E-state index contributed by atoms with van der Waals surface area (Å²) in [7, 11) is 0. The lowest BCUT2D eigenvalue weighted by atomic mass is 9.86. The Labute approximate surface area is 115 Å². The van der Waals surface area contributed by atoms with Crippen molar-refractivity contribution in [1.82, 2.24) is 0 Å². The normalized spacial score (nSPS) is 16.4. The van der Waals surface area contributed by atoms with E-state index in [0.717, 1.165) is 12.0 Å². The minimum absolute atomic E-state index is 0.159. The zero-order chi connectivity index (χ0) is 14.1. The third-order valence-electron chi connectivity index (χ3n) is 3.54. The molecule has 0 unspecified atom stereocenters. The lowest BCUT2D eigenvalue weighted by molar-refractivity contribution is -0.118. The van der Waals surface area contributed by atoms with Crippen LogP contribution >= 0.6 is 0 Å². The van der Waals surface area contributed by atoms with Crippen molar-refractivity contribution in [2.24, 2.45) is 10.2 Å². The fourth-order valence-electron chi connectivity index (χ4n) is 2.00. The summed E-state index contributed by atoms with van der Waals surface area (Å²) in [6.45, 7) is 8.53. The molecule has 0 radical (unpaired) electrons. The second-order valence-corrected chi connectivity index (χ2v) is 6.58. The van der Waals surface area contributed by atoms with Crippen molar-refractivity contribution in [3.05, 3.63) is 35.4 Å². The van der Waals surface area contributed by atoms with E-state index in [4.69, 9.17) is 0 Å². The molecule has 1 aliphatic rings. The fourth-order valence-corrected chi connectivity index (χ4v) is 2.00. The van der Waals surface area contributed by atoms with Gasteiger partial charge in [0.15, 0.2) is 5.66 Å². The minimum atomic E-state index is -0.258. The minimum Gasteiger partial charge on any atom is -0.299 e. The Balaban J connectivity index is 1.87. The fraction of sp³-hybridized carbons (Fsp3) is 0.562. The molecule has 0 saturated carbocycles. The average Bonchev–Trinajstić information content (AvgIpc) is 3.05. The Morgan fingerprint density at radius 1 is 1.16 bits per heavy atom. The zero-order valence-electron chi connectivity index (χ0n) is 12.2. The van der Waals surface area contributed by atoms with Gasteiger partial charge in [0.25, 0.3) is 0 Å². The largest absolute Gasteiger partial charge is 0.299 e. The molecule has 19 heavy (non-hydrogen) atoms. The molecule has 1 aromatic carbocycles. The number of hydrogen-bond acceptors (Lipinski definition) is 3. The molecule has 3 nitrogen and oxygen atoms in total. The molecule has 0 spiro atoms. The lowest BCUT2D eigenvalue weighted by Crippen LogP contribution is -2.12. The first-order chi connectivity index (χ1) is 8.78. The molecule has 0 fully saturated rings. The summed E-state index contributed by atoms with van der Waals surface area (Å²) < 4.78 is 0. The molecule has 1 aromatic rings. The van der Waals surface area contributed by atoms with Crippen molar-refractivity contribution in [1.29, 1.82) is 0 Å². The molecule has 0 atom stereocenters. The molecule has 0 N–H and O–H groups in total. The van der Waals surface area contributed by atoms with E-state index in [9.17, 15) is 4.79 Å². The first-order valence-corrected chi connectivity index (χ1v) is 6.84. The summed E-state index contributed by atoms with van der Waals surface area (Å²) in [6, 6.07) is 8.36. The molecule has 0 aromatic heterocycles. The maximum Gasteiger partial charge on any atom is 0.188 e. The molecule has 3 heteroatoms. The van der Waals surface area contributed by atoms with Crippen LogP contribution < -0.4 is 0 Å². The summed E-state index contributed by atoms with van der Waals surface area (Å²) >= 11 is 0. The van der Waals surface area contributed by atoms with Crippen LogP contribution in [0.3, 0.4) is 0 Å². The predicted molar refractivity (Wildman–Crippen MR) is 76.3 cm³/mol. The monoisotopic (exact) mass is 258 g/mol. The number of hydrogen-bond donors (Lipinski definition) is 0. The van der Waals surface area contributed by atoms with Crippen LogP contribution in [0.1, 0.15) is 51.7 Å². The standard InChI is InChI=1S/C16H22N2O/c1-15(2,3)13-7-5-12(6-8-13)11-14(19)9-10-16(4)17-18-16/h5-8H,9-11H2,1-4H3. The van der Waals surface area contributed by atoms with Crippen LogP contribution in [0.5, 0.6) is 0 Å². The van der Waals surface area contributed by atoms with Gasteiger partial charge in [-0.15, -0.1) is 0 Å². The van der Waals surface area contributed by atoms with Crippen LogP contribution in [0.4, 0.5) is 0 Å². The van der Waals surface area contributed by atoms with Gasteiger partial charge in [-0.3, -0.25) is 4.79 Å². The van der Waals surface area contributed by atoms with E-state index in [2.05, 4.69) is 55.3 Å². The van der Waals surface area contributed by atoms with E-state index in [1.807, 2.05) is 6.92 Å². The lowest BCUT2D eigenvalue weighted by Gasteiger charge is -2.19. The summed E-state index contributed by atoms with van der Waals surface area (Å²) in [4.78, 5) is 11.9. The summed E-state index contributed by atoms with van der Waals surface area (Å²) in [5, 5.41) is 7.85. The number of carbonyl (C=O) groups excluding carboxylic acids is 1. The number of ketones is 1. The maximum atomic E-state index is 11.9. The maximum absolute atomic E-state index is 11.9. The van der Waals surface area contributed by atoms with Crippen LogP contribution in [0, 0.1) is 0 Å². The highest BCUT2D eigenvalue weighted by Gasteiger charge is 2.33. The van der Waals surface area contributed by atoms with Crippen molar-refractivity contribution < 1.29 is 4.79 Å². The summed E-state index contributed by atoms with van der Waals surface area (Å²) in [5.41, 5.74) is 2.29. The third kappa shape index (κ3) is 3.98. The quantitative estimate of drug-likeness (QED) is 0.785. The average molecular weight is 258 g/mol. The molecule has 1 heterocycles. The van der Waals surface area contributed by atoms with Gasteiger partial charge < -0.3 is 0 Å². The topological polar surface area (TPSA) is 41.8 Å². The number of nitrogens with zero attached hydrogens (tertiary/aromatic N) is 2. The molecule has 0 amide bonds. The Kier molecular flexibility index (Phi) is 3.57. The van der Waals surface area contributed by atoms with Gasteiger partial charge in [-0.05, 0) is 23.5 Å². The molecule has 0 saturated heterocycles. The first kappa shape index (κ1) is 13.9. The number of benzene rings is 1. The van der Waals surface area contributed by atoms with Crippen LogP contribution in [-0.4, -0.2) is 11.4 Å². The van der Waals surface area contributed by atoms with Gasteiger partial charge in [0.2, 0.25) is 0 Å². The van der Waals surface area contributed by atoms with Gasteiger partial charge >= 0.3 is 0 Å². The Bertz CT molecular complexity index is 488. The van der Waals surface area contributed by atoms with Gasteiger partial charge in [-0.1, -0.05) is 45.0 Å². The van der Waals surface area contributed by atoms with E-state index < -0.39 is 0 Å². The number of Topliss-reactive ketones (excluding diaryl/α,β-unsaturated/α-hetero) is 1. The molecular weight excluding hydrogens is 236 g/mol. The first-order valence-electron chi connectivity index (χ1n) is 6.84. The van der Waals surface area contributed by atoms with Crippen LogP contribution in [-0.2, 0) is 16.6 Å². The van der Waals surface area contributed by atoms with E-state index in [0.29, 0.717) is 12.8 Å². The molecule has 102 valence electrons. The highest BCUT2D eigenvalue weighted by atomic mass is 16.1.